The summed E-state index contributed by atoms with van der Waals surface area (Å²) in [5.41, 5.74) is 2.11. The first-order valence-electron chi connectivity index (χ1n) is 7.82. The van der Waals surface area contributed by atoms with Crippen LogP contribution >= 0.6 is 0 Å². The molecule has 0 saturated carbocycles. The molecule has 0 unspecified atom stereocenters. The molecule has 2 rings (SSSR count). The maximum Gasteiger partial charge on any atom is 0.319 e. The van der Waals surface area contributed by atoms with Crippen LogP contribution in [0.1, 0.15) is 44.0 Å². The van der Waals surface area contributed by atoms with Gasteiger partial charge in [-0.15, -0.1) is 0 Å². The summed E-state index contributed by atoms with van der Waals surface area (Å²) in [6.07, 6.45) is 6.34. The third kappa shape index (κ3) is 4.91. The minimum atomic E-state index is -0.171. The number of aromatic nitrogens is 2. The molecule has 0 aliphatic carbocycles. The van der Waals surface area contributed by atoms with Gasteiger partial charge in [0.25, 0.3) is 0 Å². The number of nitrogens with zero attached hydrogens (tertiary/aromatic N) is 1. The second-order valence-corrected chi connectivity index (χ2v) is 5.45. The third-order valence-electron chi connectivity index (χ3n) is 3.78. The van der Waals surface area contributed by atoms with Gasteiger partial charge in [0.2, 0.25) is 0 Å². The predicted molar refractivity (Wildman–Crippen MR) is 89.1 cm³/mol. The van der Waals surface area contributed by atoms with Crippen LogP contribution in [0.25, 0.3) is 0 Å². The van der Waals surface area contributed by atoms with Crippen molar-refractivity contribution in [3.05, 3.63) is 48.0 Å². The molecule has 1 aromatic heterocycles. The number of aryl methyl sites for hydroxylation is 1. The molecule has 5 nitrogen and oxygen atoms in total. The maximum atomic E-state index is 11.8. The van der Waals surface area contributed by atoms with Crippen molar-refractivity contribution in [2.45, 2.75) is 39.0 Å². The fraction of sp³-hybridized carbons (Fsp3) is 0.412. The van der Waals surface area contributed by atoms with Crippen molar-refractivity contribution in [1.82, 2.24) is 15.3 Å². The average Bonchev–Trinajstić information content (AvgIpc) is 3.05. The molecule has 5 heteroatoms. The highest BCUT2D eigenvalue weighted by molar-refractivity contribution is 5.89. The van der Waals surface area contributed by atoms with Crippen LogP contribution in [0.3, 0.4) is 0 Å². The first kappa shape index (κ1) is 16.1. The summed E-state index contributed by atoms with van der Waals surface area (Å²) in [5.74, 6) is 1.49. The maximum absolute atomic E-state index is 11.8. The Balaban J connectivity index is 1.70. The quantitative estimate of drug-likeness (QED) is 0.683. The van der Waals surface area contributed by atoms with Gasteiger partial charge in [0, 0.05) is 31.0 Å². The van der Waals surface area contributed by atoms with Gasteiger partial charge in [-0.05, 0) is 36.5 Å². The van der Waals surface area contributed by atoms with E-state index in [9.17, 15) is 4.79 Å². The molecule has 2 aromatic rings. The number of urea groups is 1. The van der Waals surface area contributed by atoms with Gasteiger partial charge in [-0.1, -0.05) is 26.0 Å². The van der Waals surface area contributed by atoms with Crippen molar-refractivity contribution in [2.75, 3.05) is 11.9 Å². The number of carbonyl (C=O) groups excluding carboxylic acids is 1. The molecule has 0 radical (unpaired) electrons. The Morgan fingerprint density at radius 2 is 2.09 bits per heavy atom. The number of hydrogen-bond donors (Lipinski definition) is 3. The lowest BCUT2D eigenvalue weighted by molar-refractivity contribution is 0.252. The Labute approximate surface area is 131 Å². The molecule has 0 aliphatic heterocycles. The highest BCUT2D eigenvalue weighted by atomic mass is 16.2. The molecular formula is C17H24N4O. The van der Waals surface area contributed by atoms with Gasteiger partial charge in [-0.25, -0.2) is 9.78 Å². The van der Waals surface area contributed by atoms with Crippen LogP contribution < -0.4 is 10.6 Å². The molecule has 2 amide bonds. The molecule has 0 bridgehead atoms. The number of anilines is 1. The van der Waals surface area contributed by atoms with Gasteiger partial charge in [0.05, 0.1) is 0 Å². The smallest absolute Gasteiger partial charge is 0.319 e. The molecule has 1 atom stereocenters. The van der Waals surface area contributed by atoms with Gasteiger partial charge in [0.1, 0.15) is 5.82 Å². The molecule has 1 aromatic carbocycles. The largest absolute Gasteiger partial charge is 0.349 e. The van der Waals surface area contributed by atoms with Crippen LogP contribution in [0.5, 0.6) is 0 Å². The van der Waals surface area contributed by atoms with Gasteiger partial charge >= 0.3 is 6.03 Å². The highest BCUT2D eigenvalue weighted by Gasteiger charge is 2.04. The standard InChI is InChI=1S/C17H24N4O/c1-3-13(2)14-6-8-15(9-7-14)21-17(22)20-10-4-5-16-18-11-12-19-16/h6-9,11-13H,3-5,10H2,1-2H3,(H,18,19)(H2,20,21,22)/t13-/m0/s1. The Bertz CT molecular complexity index is 563. The zero-order chi connectivity index (χ0) is 15.8. The molecule has 0 spiro atoms. The molecular weight excluding hydrogens is 276 g/mol. The lowest BCUT2D eigenvalue weighted by atomic mass is 9.99. The third-order valence-corrected chi connectivity index (χ3v) is 3.78. The number of rotatable bonds is 7. The van der Waals surface area contributed by atoms with E-state index in [1.165, 1.54) is 5.56 Å². The van der Waals surface area contributed by atoms with Crippen LogP contribution in [-0.2, 0) is 6.42 Å². The van der Waals surface area contributed by atoms with E-state index in [1.54, 1.807) is 12.4 Å². The summed E-state index contributed by atoms with van der Waals surface area (Å²) < 4.78 is 0. The number of hydrogen-bond acceptors (Lipinski definition) is 2. The van der Waals surface area contributed by atoms with Gasteiger partial charge in [-0.3, -0.25) is 0 Å². The minimum absolute atomic E-state index is 0.171. The van der Waals surface area contributed by atoms with Crippen LogP contribution in [-0.4, -0.2) is 22.5 Å². The molecule has 118 valence electrons. The summed E-state index contributed by atoms with van der Waals surface area (Å²) in [4.78, 5) is 19.0. The normalized spacial score (nSPS) is 11.9. The van der Waals surface area contributed by atoms with Gasteiger partial charge in [0.15, 0.2) is 0 Å². The lowest BCUT2D eigenvalue weighted by Gasteiger charge is -2.11. The van der Waals surface area contributed by atoms with Crippen LogP contribution in [0.2, 0.25) is 0 Å². The number of amides is 2. The number of nitrogens with one attached hydrogen (secondary N) is 3. The summed E-state index contributed by atoms with van der Waals surface area (Å²) >= 11 is 0. The highest BCUT2D eigenvalue weighted by Crippen LogP contribution is 2.20. The van der Waals surface area contributed by atoms with E-state index in [-0.39, 0.29) is 6.03 Å². The van der Waals surface area contributed by atoms with E-state index in [2.05, 4.69) is 46.6 Å². The van der Waals surface area contributed by atoms with E-state index in [0.29, 0.717) is 12.5 Å². The Morgan fingerprint density at radius 1 is 1.32 bits per heavy atom. The molecule has 22 heavy (non-hydrogen) atoms. The Hall–Kier alpha value is -2.30. The van der Waals surface area contributed by atoms with Crippen LogP contribution in [0.15, 0.2) is 36.7 Å². The SMILES string of the molecule is CC[C@H](C)c1ccc(NC(=O)NCCCc2ncc[nH]2)cc1. The number of carbonyl (C=O) groups is 1. The monoisotopic (exact) mass is 300 g/mol. The molecule has 3 N–H and O–H groups in total. The zero-order valence-corrected chi connectivity index (χ0v) is 13.2. The van der Waals surface area contributed by atoms with E-state index in [1.807, 2.05) is 12.1 Å². The summed E-state index contributed by atoms with van der Waals surface area (Å²) in [5, 5.41) is 5.70. The predicted octanol–water partition coefficient (Wildman–Crippen LogP) is 3.68. The summed E-state index contributed by atoms with van der Waals surface area (Å²) in [6, 6.07) is 7.87. The lowest BCUT2D eigenvalue weighted by Crippen LogP contribution is -2.29. The van der Waals surface area contributed by atoms with E-state index < -0.39 is 0 Å². The average molecular weight is 300 g/mol. The number of benzene rings is 1. The first-order chi connectivity index (χ1) is 10.7. The van der Waals surface area contributed by atoms with E-state index in [4.69, 9.17) is 0 Å². The van der Waals surface area contributed by atoms with Crippen molar-refractivity contribution in [2.24, 2.45) is 0 Å². The van der Waals surface area contributed by atoms with Crippen molar-refractivity contribution < 1.29 is 4.79 Å². The van der Waals surface area contributed by atoms with Crippen molar-refractivity contribution in [3.63, 3.8) is 0 Å². The van der Waals surface area contributed by atoms with Crippen LogP contribution in [0, 0.1) is 0 Å². The van der Waals surface area contributed by atoms with Gasteiger partial charge < -0.3 is 15.6 Å². The van der Waals surface area contributed by atoms with Crippen molar-refractivity contribution in [1.29, 1.82) is 0 Å². The van der Waals surface area contributed by atoms with Crippen molar-refractivity contribution in [3.8, 4) is 0 Å². The summed E-state index contributed by atoms with van der Waals surface area (Å²) in [7, 11) is 0. The summed E-state index contributed by atoms with van der Waals surface area (Å²) in [6.45, 7) is 5.00. The number of aromatic amines is 1. The Morgan fingerprint density at radius 3 is 2.73 bits per heavy atom. The molecule has 0 saturated heterocycles. The van der Waals surface area contributed by atoms with E-state index in [0.717, 1.165) is 30.8 Å². The molecule has 0 fully saturated rings. The van der Waals surface area contributed by atoms with E-state index >= 15 is 0 Å². The Kier molecular flexibility index (Phi) is 6.01. The van der Waals surface area contributed by atoms with Crippen molar-refractivity contribution >= 4 is 11.7 Å². The van der Waals surface area contributed by atoms with Crippen LogP contribution in [0.4, 0.5) is 10.5 Å². The topological polar surface area (TPSA) is 69.8 Å². The molecule has 0 aliphatic rings. The minimum Gasteiger partial charge on any atom is -0.349 e. The molecule has 1 heterocycles. The first-order valence-corrected chi connectivity index (χ1v) is 7.82. The fourth-order valence-corrected chi connectivity index (χ4v) is 2.20. The zero-order valence-electron chi connectivity index (χ0n) is 13.2. The number of imidazole rings is 1. The second kappa shape index (κ2) is 8.22. The fourth-order valence-electron chi connectivity index (χ4n) is 2.20. The second-order valence-electron chi connectivity index (χ2n) is 5.45. The van der Waals surface area contributed by atoms with Gasteiger partial charge in [-0.2, -0.15) is 0 Å². The number of H-pyrrole nitrogens is 1.